The molecule has 0 saturated heterocycles. The van der Waals surface area contributed by atoms with Gasteiger partial charge in [-0.25, -0.2) is 0 Å². The zero-order valence-electron chi connectivity index (χ0n) is 6.23. The third-order valence-corrected chi connectivity index (χ3v) is 0.826. The highest BCUT2D eigenvalue weighted by Gasteiger charge is 1.84. The molecule has 0 fully saturated rings. The Kier molecular flexibility index (Phi) is 5.00. The molecule has 64 valence electrons. The summed E-state index contributed by atoms with van der Waals surface area (Å²) in [6, 6.07) is 3.27. The van der Waals surface area contributed by atoms with Crippen molar-refractivity contribution in [3.05, 3.63) is 36.8 Å². The smallest absolute Gasteiger partial charge is 0.185 e. The van der Waals surface area contributed by atoms with Crippen molar-refractivity contribution in [1.29, 1.82) is 0 Å². The first-order valence-electron chi connectivity index (χ1n) is 3.02. The van der Waals surface area contributed by atoms with Crippen LogP contribution in [-0.2, 0) is 4.79 Å². The van der Waals surface area contributed by atoms with Gasteiger partial charge in [0.1, 0.15) is 0 Å². The number of furan rings is 1. The van der Waals surface area contributed by atoms with Crippen molar-refractivity contribution in [3.8, 4) is 0 Å². The average Bonchev–Trinajstić information content (AvgIpc) is 2.57. The van der Waals surface area contributed by atoms with E-state index in [4.69, 9.17) is 9.90 Å². The summed E-state index contributed by atoms with van der Waals surface area (Å²) >= 11 is 0. The van der Waals surface area contributed by atoms with Crippen molar-refractivity contribution in [3.63, 3.8) is 0 Å². The molecule has 0 unspecified atom stereocenters. The fourth-order valence-corrected chi connectivity index (χ4v) is 0.358. The molecule has 0 aliphatic rings. The van der Waals surface area contributed by atoms with Gasteiger partial charge in [0.2, 0.25) is 0 Å². The van der Waals surface area contributed by atoms with E-state index in [-0.39, 0.29) is 0 Å². The van der Waals surface area contributed by atoms with Crippen LogP contribution in [0.25, 0.3) is 0 Å². The van der Waals surface area contributed by atoms with Gasteiger partial charge in [0.15, 0.2) is 12.0 Å². The molecule has 1 heterocycles. The number of aldehydes is 1. The summed E-state index contributed by atoms with van der Waals surface area (Å²) in [5.74, 6) is -0.856. The number of carboxylic acids is 1. The van der Waals surface area contributed by atoms with Crippen LogP contribution in [-0.4, -0.2) is 12.3 Å². The maximum atomic E-state index is 9.77. The van der Waals surface area contributed by atoms with Gasteiger partial charge < -0.3 is 14.3 Å². The topological polar surface area (TPSA) is 70.3 Å². The predicted octanol–water partition coefficient (Wildman–Crippen LogP) is 0.0144. The standard InChI is InChI=1S/C5H4O2.C3H4O2/c6-4-5-2-1-3-7-5;1-2-3(4)5/h1-4H;2H,1H2,(H,4,5)/p-1. The van der Waals surface area contributed by atoms with Crippen LogP contribution in [0.1, 0.15) is 10.6 Å². The van der Waals surface area contributed by atoms with Crippen LogP contribution < -0.4 is 5.11 Å². The van der Waals surface area contributed by atoms with Crippen LogP contribution in [0.4, 0.5) is 0 Å². The second kappa shape index (κ2) is 5.91. The highest BCUT2D eigenvalue weighted by molar-refractivity contribution is 5.76. The molecule has 0 saturated carbocycles. The second-order valence-corrected chi connectivity index (χ2v) is 1.66. The first-order valence-corrected chi connectivity index (χ1v) is 3.02. The number of carboxylic acid groups (broad SMARTS) is 1. The summed E-state index contributed by atoms with van der Waals surface area (Å²) in [5, 5.41) is 9.14. The van der Waals surface area contributed by atoms with Gasteiger partial charge in [-0.3, -0.25) is 4.79 Å². The molecule has 1 aromatic heterocycles. The van der Waals surface area contributed by atoms with Gasteiger partial charge in [0.25, 0.3) is 0 Å². The highest BCUT2D eigenvalue weighted by atomic mass is 16.4. The van der Waals surface area contributed by atoms with E-state index in [1.54, 1.807) is 12.1 Å². The van der Waals surface area contributed by atoms with Gasteiger partial charge in [0, 0.05) is 0 Å². The minimum atomic E-state index is -1.23. The van der Waals surface area contributed by atoms with Crippen LogP contribution in [0, 0.1) is 0 Å². The second-order valence-electron chi connectivity index (χ2n) is 1.66. The molecule has 0 amide bonds. The average molecular weight is 167 g/mol. The van der Waals surface area contributed by atoms with E-state index < -0.39 is 5.97 Å². The van der Waals surface area contributed by atoms with E-state index in [0.29, 0.717) is 12.0 Å². The van der Waals surface area contributed by atoms with Crippen molar-refractivity contribution in [2.45, 2.75) is 0 Å². The molecular formula is C8H7O4-. The lowest BCUT2D eigenvalue weighted by molar-refractivity contribution is -0.297. The maximum absolute atomic E-state index is 9.77. The lowest BCUT2D eigenvalue weighted by Gasteiger charge is -1.81. The van der Waals surface area contributed by atoms with Gasteiger partial charge in [-0.15, -0.1) is 0 Å². The van der Waals surface area contributed by atoms with E-state index in [9.17, 15) is 4.79 Å². The maximum Gasteiger partial charge on any atom is 0.185 e. The molecule has 1 aromatic rings. The minimum absolute atomic E-state index is 0.375. The fraction of sp³-hybridized carbons (Fsp3) is 0. The SMILES string of the molecule is C=CC(=O)[O-].O=Cc1ccco1. The van der Waals surface area contributed by atoms with E-state index in [1.807, 2.05) is 0 Å². The van der Waals surface area contributed by atoms with E-state index in [1.165, 1.54) is 6.26 Å². The summed E-state index contributed by atoms with van der Waals surface area (Å²) in [5.41, 5.74) is 0. The molecule has 0 radical (unpaired) electrons. The molecule has 0 spiro atoms. The molecule has 4 heteroatoms. The van der Waals surface area contributed by atoms with Crippen LogP contribution in [0.3, 0.4) is 0 Å². The first-order chi connectivity index (χ1) is 5.70. The lowest BCUT2D eigenvalue weighted by atomic mass is 10.5. The molecule has 0 aromatic carbocycles. The van der Waals surface area contributed by atoms with Gasteiger partial charge in [0.05, 0.1) is 12.2 Å². The number of hydrogen-bond acceptors (Lipinski definition) is 4. The highest BCUT2D eigenvalue weighted by Crippen LogP contribution is 1.92. The molecule has 0 bridgehead atoms. The minimum Gasteiger partial charge on any atom is -0.545 e. The molecule has 0 aliphatic heterocycles. The number of rotatable bonds is 2. The Labute approximate surface area is 69.1 Å². The van der Waals surface area contributed by atoms with E-state index >= 15 is 0 Å². The lowest BCUT2D eigenvalue weighted by Crippen LogP contribution is -2.17. The quantitative estimate of drug-likeness (QED) is 0.459. The summed E-state index contributed by atoms with van der Waals surface area (Å²) in [7, 11) is 0. The zero-order chi connectivity index (χ0) is 9.40. The van der Waals surface area contributed by atoms with Crippen molar-refractivity contribution < 1.29 is 19.1 Å². The third kappa shape index (κ3) is 4.99. The Hall–Kier alpha value is -1.84. The Morgan fingerprint density at radius 2 is 2.25 bits per heavy atom. The number of carbonyl (C=O) groups is 2. The third-order valence-electron chi connectivity index (χ3n) is 0.826. The normalized spacial score (nSPS) is 7.67. The van der Waals surface area contributed by atoms with Crippen molar-refractivity contribution in [1.82, 2.24) is 0 Å². The fourth-order valence-electron chi connectivity index (χ4n) is 0.358. The number of aliphatic carboxylic acids is 1. The zero-order valence-corrected chi connectivity index (χ0v) is 6.23. The summed E-state index contributed by atoms with van der Waals surface area (Å²) in [6.07, 6.45) is 2.85. The Morgan fingerprint density at radius 1 is 1.67 bits per heavy atom. The molecule has 0 atom stereocenters. The van der Waals surface area contributed by atoms with Gasteiger partial charge in [-0.2, -0.15) is 0 Å². The Balaban J connectivity index is 0.000000217. The van der Waals surface area contributed by atoms with Crippen LogP contribution in [0.5, 0.6) is 0 Å². The summed E-state index contributed by atoms with van der Waals surface area (Å²) < 4.78 is 4.61. The Bertz CT molecular complexity index is 248. The molecule has 0 N–H and O–H groups in total. The van der Waals surface area contributed by atoms with Gasteiger partial charge >= 0.3 is 0 Å². The van der Waals surface area contributed by atoms with Gasteiger partial charge in [-0.1, -0.05) is 6.58 Å². The summed E-state index contributed by atoms with van der Waals surface area (Å²) in [6.45, 7) is 2.90. The van der Waals surface area contributed by atoms with Gasteiger partial charge in [-0.05, 0) is 18.2 Å². The van der Waals surface area contributed by atoms with Crippen molar-refractivity contribution >= 4 is 12.3 Å². The molecule has 4 nitrogen and oxygen atoms in total. The molecule has 1 rings (SSSR count). The van der Waals surface area contributed by atoms with Crippen LogP contribution in [0.2, 0.25) is 0 Å². The van der Waals surface area contributed by atoms with Crippen LogP contribution in [0.15, 0.2) is 35.5 Å². The van der Waals surface area contributed by atoms with Crippen LogP contribution >= 0.6 is 0 Å². The largest absolute Gasteiger partial charge is 0.545 e. The Morgan fingerprint density at radius 3 is 2.42 bits per heavy atom. The van der Waals surface area contributed by atoms with E-state index in [0.717, 1.165) is 6.08 Å². The number of hydrogen-bond donors (Lipinski definition) is 0. The van der Waals surface area contributed by atoms with E-state index in [2.05, 4.69) is 11.0 Å². The molecular weight excluding hydrogens is 160 g/mol. The first kappa shape index (κ1) is 10.2. The molecule has 0 aliphatic carbocycles. The monoisotopic (exact) mass is 167 g/mol. The van der Waals surface area contributed by atoms with Crippen molar-refractivity contribution in [2.24, 2.45) is 0 Å². The molecule has 12 heavy (non-hydrogen) atoms. The summed E-state index contributed by atoms with van der Waals surface area (Å²) in [4.78, 5) is 18.9. The number of carbonyl (C=O) groups excluding carboxylic acids is 2. The van der Waals surface area contributed by atoms with Crippen molar-refractivity contribution in [2.75, 3.05) is 0 Å². The predicted molar refractivity (Wildman–Crippen MR) is 39.3 cm³/mol.